The van der Waals surface area contributed by atoms with Crippen molar-refractivity contribution >= 4 is 33.4 Å². The van der Waals surface area contributed by atoms with Gasteiger partial charge in [-0.25, -0.2) is 13.1 Å². The zero-order valence-corrected chi connectivity index (χ0v) is 15.6. The molecule has 0 saturated carbocycles. The normalized spacial score (nSPS) is 11.6. The Morgan fingerprint density at radius 3 is 2.48 bits per heavy atom. The lowest BCUT2D eigenvalue weighted by molar-refractivity contribution is 0.583. The molecule has 0 atom stereocenters. The fourth-order valence-corrected chi connectivity index (χ4v) is 4.64. The summed E-state index contributed by atoms with van der Waals surface area (Å²) in [6.07, 6.45) is 0. The molecular weight excluding hydrogens is 350 g/mol. The molecular formula is C17H20ClNO2S2. The average molecular weight is 370 g/mol. The van der Waals surface area contributed by atoms with E-state index in [1.165, 1.54) is 5.56 Å². The monoisotopic (exact) mass is 369 g/mol. The Morgan fingerprint density at radius 1 is 1.09 bits per heavy atom. The first-order valence-corrected chi connectivity index (χ1v) is 10.3. The van der Waals surface area contributed by atoms with Crippen LogP contribution >= 0.6 is 23.4 Å². The van der Waals surface area contributed by atoms with Crippen LogP contribution in [0.25, 0.3) is 0 Å². The number of nitrogens with one attached hydrogen (secondary N) is 1. The molecule has 0 aliphatic heterocycles. The molecule has 0 aliphatic carbocycles. The van der Waals surface area contributed by atoms with E-state index in [4.69, 9.17) is 11.6 Å². The first kappa shape index (κ1) is 18.3. The van der Waals surface area contributed by atoms with E-state index in [0.29, 0.717) is 22.0 Å². The average Bonchev–Trinajstić information content (AvgIpc) is 2.51. The zero-order valence-electron chi connectivity index (χ0n) is 13.2. The van der Waals surface area contributed by atoms with Crippen molar-refractivity contribution in [1.82, 2.24) is 4.72 Å². The van der Waals surface area contributed by atoms with Gasteiger partial charge in [0.2, 0.25) is 10.0 Å². The lowest BCUT2D eigenvalue weighted by Gasteiger charge is -2.11. The van der Waals surface area contributed by atoms with Crippen LogP contribution in [0, 0.1) is 13.8 Å². The van der Waals surface area contributed by atoms with Crippen molar-refractivity contribution in [3.05, 3.63) is 64.2 Å². The number of benzene rings is 2. The summed E-state index contributed by atoms with van der Waals surface area (Å²) in [7, 11) is -3.50. The van der Waals surface area contributed by atoms with Crippen molar-refractivity contribution in [3.63, 3.8) is 0 Å². The van der Waals surface area contributed by atoms with Crippen molar-refractivity contribution < 1.29 is 8.42 Å². The van der Waals surface area contributed by atoms with E-state index in [1.54, 1.807) is 37.7 Å². The molecule has 3 nitrogen and oxygen atoms in total. The highest BCUT2D eigenvalue weighted by molar-refractivity contribution is 7.98. The number of sulfonamides is 1. The summed E-state index contributed by atoms with van der Waals surface area (Å²) in [5.41, 5.74) is 2.66. The second-order valence-corrected chi connectivity index (χ2v) is 8.55. The third kappa shape index (κ3) is 5.24. The van der Waals surface area contributed by atoms with Crippen molar-refractivity contribution in [3.8, 4) is 0 Å². The number of rotatable bonds is 7. The third-order valence-electron chi connectivity index (χ3n) is 3.40. The Hall–Kier alpha value is -1.01. The number of aryl methyl sites for hydroxylation is 2. The van der Waals surface area contributed by atoms with Crippen LogP contribution in [-0.4, -0.2) is 20.7 Å². The molecule has 0 aliphatic rings. The van der Waals surface area contributed by atoms with E-state index in [2.05, 4.69) is 16.9 Å². The van der Waals surface area contributed by atoms with E-state index in [-0.39, 0.29) is 0 Å². The van der Waals surface area contributed by atoms with Gasteiger partial charge >= 0.3 is 0 Å². The largest absolute Gasteiger partial charge is 0.240 e. The van der Waals surface area contributed by atoms with Gasteiger partial charge in [0.05, 0.1) is 4.90 Å². The lowest BCUT2D eigenvalue weighted by atomic mass is 10.2. The molecule has 0 aromatic heterocycles. The minimum atomic E-state index is -3.50. The highest BCUT2D eigenvalue weighted by Gasteiger charge is 2.17. The molecule has 0 amide bonds. The number of hydrogen-bond donors (Lipinski definition) is 1. The minimum absolute atomic E-state index is 0.299. The van der Waals surface area contributed by atoms with E-state index in [1.807, 2.05) is 18.2 Å². The lowest BCUT2D eigenvalue weighted by Crippen LogP contribution is -2.26. The Balaban J connectivity index is 1.88. The van der Waals surface area contributed by atoms with Crippen molar-refractivity contribution in [2.45, 2.75) is 24.5 Å². The highest BCUT2D eigenvalue weighted by Crippen LogP contribution is 2.23. The maximum atomic E-state index is 12.4. The second-order valence-electron chi connectivity index (χ2n) is 5.30. The Bertz CT molecular complexity index is 762. The van der Waals surface area contributed by atoms with Gasteiger partial charge in [0.15, 0.2) is 0 Å². The van der Waals surface area contributed by atoms with E-state index >= 15 is 0 Å². The van der Waals surface area contributed by atoms with Crippen LogP contribution in [0.5, 0.6) is 0 Å². The van der Waals surface area contributed by atoms with Gasteiger partial charge in [-0.1, -0.05) is 41.9 Å². The van der Waals surface area contributed by atoms with Gasteiger partial charge in [-0.3, -0.25) is 0 Å². The summed E-state index contributed by atoms with van der Waals surface area (Å²) < 4.78 is 27.4. The molecule has 0 heterocycles. The molecule has 6 heteroatoms. The summed E-state index contributed by atoms with van der Waals surface area (Å²) in [5.74, 6) is 1.60. The maximum Gasteiger partial charge on any atom is 0.240 e. The summed E-state index contributed by atoms with van der Waals surface area (Å²) in [5, 5.41) is 0.583. The van der Waals surface area contributed by atoms with Gasteiger partial charge in [-0.2, -0.15) is 11.8 Å². The van der Waals surface area contributed by atoms with E-state index in [9.17, 15) is 8.42 Å². The Morgan fingerprint density at radius 2 is 1.78 bits per heavy atom. The second kappa shape index (κ2) is 8.20. The molecule has 0 unspecified atom stereocenters. The van der Waals surface area contributed by atoms with Crippen LogP contribution in [-0.2, 0) is 15.8 Å². The predicted molar refractivity (Wildman–Crippen MR) is 98.7 cm³/mol. The summed E-state index contributed by atoms with van der Waals surface area (Å²) in [6.45, 7) is 3.96. The van der Waals surface area contributed by atoms with Gasteiger partial charge in [0.1, 0.15) is 0 Å². The van der Waals surface area contributed by atoms with Gasteiger partial charge in [0, 0.05) is 23.1 Å². The Labute approximate surface area is 147 Å². The molecule has 124 valence electrons. The molecule has 2 rings (SSSR count). The first-order chi connectivity index (χ1) is 10.9. The van der Waals surface area contributed by atoms with Crippen molar-refractivity contribution in [2.24, 2.45) is 0 Å². The molecule has 2 aromatic carbocycles. The van der Waals surface area contributed by atoms with E-state index in [0.717, 1.165) is 17.1 Å². The zero-order chi connectivity index (χ0) is 16.9. The smallest absolute Gasteiger partial charge is 0.210 e. The van der Waals surface area contributed by atoms with Crippen LogP contribution in [0.2, 0.25) is 5.02 Å². The summed E-state index contributed by atoms with van der Waals surface area (Å²) in [6, 6.07) is 13.4. The highest BCUT2D eigenvalue weighted by atomic mass is 35.5. The number of thioether (sulfide) groups is 1. The molecule has 0 fully saturated rings. The first-order valence-electron chi connectivity index (χ1n) is 7.28. The standard InChI is InChI=1S/C17H20ClNO2S2/c1-13-11-17(14(2)10-16(13)18)23(20,21)19-8-9-22-12-15-6-4-3-5-7-15/h3-7,10-11,19H,8-9,12H2,1-2H3. The van der Waals surface area contributed by atoms with Crippen LogP contribution in [0.4, 0.5) is 0 Å². The summed E-state index contributed by atoms with van der Waals surface area (Å²) in [4.78, 5) is 0.299. The van der Waals surface area contributed by atoms with Gasteiger partial charge < -0.3 is 0 Å². The topological polar surface area (TPSA) is 46.2 Å². The molecule has 0 saturated heterocycles. The molecule has 0 spiro atoms. The van der Waals surface area contributed by atoms with E-state index < -0.39 is 10.0 Å². The molecule has 1 N–H and O–H groups in total. The quantitative estimate of drug-likeness (QED) is 0.745. The molecule has 0 radical (unpaired) electrons. The molecule has 23 heavy (non-hydrogen) atoms. The van der Waals surface area contributed by atoms with Gasteiger partial charge in [0.25, 0.3) is 0 Å². The minimum Gasteiger partial charge on any atom is -0.210 e. The number of halogens is 1. The van der Waals surface area contributed by atoms with Crippen LogP contribution in [0.3, 0.4) is 0 Å². The third-order valence-corrected chi connectivity index (χ3v) is 6.44. The fourth-order valence-electron chi connectivity index (χ4n) is 2.13. The maximum absolute atomic E-state index is 12.4. The number of hydrogen-bond acceptors (Lipinski definition) is 3. The van der Waals surface area contributed by atoms with Crippen LogP contribution in [0.15, 0.2) is 47.4 Å². The summed E-state index contributed by atoms with van der Waals surface area (Å²) >= 11 is 7.73. The molecule has 0 bridgehead atoms. The van der Waals surface area contributed by atoms with Crippen LogP contribution < -0.4 is 4.72 Å². The predicted octanol–water partition coefficient (Wildman–Crippen LogP) is 4.17. The Kier molecular flexibility index (Phi) is 6.53. The van der Waals surface area contributed by atoms with Crippen molar-refractivity contribution in [1.29, 1.82) is 0 Å². The van der Waals surface area contributed by atoms with Gasteiger partial charge in [-0.05, 0) is 42.7 Å². The molecule has 2 aromatic rings. The van der Waals surface area contributed by atoms with Crippen molar-refractivity contribution in [2.75, 3.05) is 12.3 Å². The SMILES string of the molecule is Cc1cc(S(=O)(=O)NCCSCc2ccccc2)c(C)cc1Cl. The fraction of sp³-hybridized carbons (Fsp3) is 0.294. The van der Waals surface area contributed by atoms with Gasteiger partial charge in [-0.15, -0.1) is 0 Å². The van der Waals surface area contributed by atoms with Crippen LogP contribution in [0.1, 0.15) is 16.7 Å².